The van der Waals surface area contributed by atoms with E-state index in [1.807, 2.05) is 6.92 Å². The smallest absolute Gasteiger partial charge is 0.350 e. The number of carbonyl (C=O) groups is 1. The molecule has 13 heteroatoms. The van der Waals surface area contributed by atoms with E-state index < -0.39 is 32.4 Å². The van der Waals surface area contributed by atoms with E-state index in [4.69, 9.17) is 0 Å². The molecule has 0 N–H and O–H groups in total. The number of aromatic nitrogens is 4. The van der Waals surface area contributed by atoms with E-state index in [-0.39, 0.29) is 57.2 Å². The molecule has 0 bridgehead atoms. The zero-order valence-corrected chi connectivity index (χ0v) is 23.4. The van der Waals surface area contributed by atoms with Gasteiger partial charge >= 0.3 is 5.69 Å². The van der Waals surface area contributed by atoms with Crippen LogP contribution in [-0.2, 0) is 14.6 Å². The van der Waals surface area contributed by atoms with Crippen molar-refractivity contribution in [1.82, 2.24) is 24.4 Å². The fourth-order valence-corrected chi connectivity index (χ4v) is 7.13. The Morgan fingerprint density at radius 2 is 1.86 bits per heavy atom. The molecular formula is C29H26F2N6O4S. The highest BCUT2D eigenvalue weighted by atomic mass is 32.2. The first-order chi connectivity index (χ1) is 20.1. The number of pyridine rings is 2. The average molecular weight is 593 g/mol. The summed E-state index contributed by atoms with van der Waals surface area (Å²) in [6.45, 7) is 6.24. The van der Waals surface area contributed by atoms with E-state index in [1.165, 1.54) is 48.8 Å². The van der Waals surface area contributed by atoms with Gasteiger partial charge in [0, 0.05) is 37.4 Å². The summed E-state index contributed by atoms with van der Waals surface area (Å²) in [5.74, 6) is -1.70. The summed E-state index contributed by atoms with van der Waals surface area (Å²) in [5.41, 5.74) is -1.53. The number of anilines is 1. The van der Waals surface area contributed by atoms with Crippen LogP contribution in [0.3, 0.4) is 0 Å². The maximum absolute atomic E-state index is 15.7. The first-order valence-electron chi connectivity index (χ1n) is 13.4. The second-order valence-corrected chi connectivity index (χ2v) is 12.5. The molecule has 1 aliphatic carbocycles. The summed E-state index contributed by atoms with van der Waals surface area (Å²) < 4.78 is 58.2. The molecule has 3 aromatic heterocycles. The summed E-state index contributed by atoms with van der Waals surface area (Å²) in [7, 11) is -3.81. The molecule has 0 radical (unpaired) electrons. The van der Waals surface area contributed by atoms with E-state index in [0.29, 0.717) is 25.9 Å². The van der Waals surface area contributed by atoms with Gasteiger partial charge in [-0.25, -0.2) is 31.5 Å². The van der Waals surface area contributed by atoms with Gasteiger partial charge in [0.05, 0.1) is 27.4 Å². The lowest BCUT2D eigenvalue weighted by Gasteiger charge is -2.40. The van der Waals surface area contributed by atoms with Crippen LogP contribution in [0.1, 0.15) is 19.8 Å². The Morgan fingerprint density at radius 1 is 1.10 bits per heavy atom. The number of piperazine rings is 1. The molecule has 0 spiro atoms. The van der Waals surface area contributed by atoms with E-state index in [9.17, 15) is 22.4 Å². The summed E-state index contributed by atoms with van der Waals surface area (Å²) in [6, 6.07) is 7.63. The molecule has 1 aliphatic heterocycles. The highest BCUT2D eigenvalue weighted by Gasteiger charge is 2.39. The molecule has 1 amide bonds. The lowest BCUT2D eigenvalue weighted by Crippen LogP contribution is -2.54. The lowest BCUT2D eigenvalue weighted by atomic mass is 10.1. The molecule has 1 saturated carbocycles. The van der Waals surface area contributed by atoms with Crippen molar-refractivity contribution in [2.45, 2.75) is 36.0 Å². The molecule has 1 atom stereocenters. The number of rotatable bonds is 6. The summed E-state index contributed by atoms with van der Waals surface area (Å²) in [5, 5.41) is -0.469. The standard InChI is InChI=1S/C29H26F2N6O4S/c1-3-25(38)35-12-13-36(17(2)16-35)27-20-14-22(31)26(19-6-4-5-7-21(19)30)33-28(20)37(29(39)34-27)23-15-32-11-10-24(23)42(40,41)18-8-9-18/h3-7,10-11,14-15,17-18H,1,8-9,12-13,16H2,2H3/t17-/m0/s1. The number of benzene rings is 1. The normalized spacial score (nSPS) is 17.5. The Bertz CT molecular complexity index is 1930. The quantitative estimate of drug-likeness (QED) is 0.313. The third-order valence-electron chi connectivity index (χ3n) is 7.59. The largest absolute Gasteiger partial charge is 0.355 e. The number of hydrogen-bond donors (Lipinski definition) is 0. The fraction of sp³-hybridized carbons (Fsp3) is 0.276. The maximum Gasteiger partial charge on any atom is 0.355 e. The molecule has 10 nitrogen and oxygen atoms in total. The van der Waals surface area contributed by atoms with Gasteiger partial charge in [-0.3, -0.25) is 9.78 Å². The van der Waals surface area contributed by atoms with Gasteiger partial charge in [-0.15, -0.1) is 0 Å². The molecular weight excluding hydrogens is 566 g/mol. The van der Waals surface area contributed by atoms with Gasteiger partial charge in [-0.1, -0.05) is 18.7 Å². The number of amides is 1. The van der Waals surface area contributed by atoms with Gasteiger partial charge in [-0.2, -0.15) is 4.98 Å². The molecule has 2 aliphatic rings. The van der Waals surface area contributed by atoms with Crippen LogP contribution in [0.4, 0.5) is 14.6 Å². The molecule has 0 unspecified atom stereocenters. The first kappa shape index (κ1) is 27.6. The molecule has 4 aromatic rings. The monoisotopic (exact) mass is 592 g/mol. The minimum Gasteiger partial charge on any atom is -0.350 e. The third-order valence-corrected chi connectivity index (χ3v) is 9.90. The second-order valence-electron chi connectivity index (χ2n) is 10.3. The van der Waals surface area contributed by atoms with E-state index in [1.54, 1.807) is 9.80 Å². The van der Waals surface area contributed by atoms with E-state index in [0.717, 1.165) is 10.6 Å². The van der Waals surface area contributed by atoms with Crippen LogP contribution < -0.4 is 10.6 Å². The molecule has 1 saturated heterocycles. The molecule has 2 fully saturated rings. The predicted molar refractivity (Wildman–Crippen MR) is 152 cm³/mol. The molecule has 6 rings (SSSR count). The number of nitrogens with zero attached hydrogens (tertiary/aromatic N) is 6. The Morgan fingerprint density at radius 3 is 2.55 bits per heavy atom. The second kappa shape index (κ2) is 10.4. The van der Waals surface area contributed by atoms with Crippen molar-refractivity contribution in [1.29, 1.82) is 0 Å². The first-order valence-corrected chi connectivity index (χ1v) is 14.9. The third kappa shape index (κ3) is 4.63. The van der Waals surface area contributed by atoms with Gasteiger partial charge < -0.3 is 9.80 Å². The lowest BCUT2D eigenvalue weighted by molar-refractivity contribution is -0.126. The van der Waals surface area contributed by atoms with Crippen LogP contribution in [-0.4, -0.2) is 69.7 Å². The van der Waals surface area contributed by atoms with Crippen LogP contribution >= 0.6 is 0 Å². The van der Waals surface area contributed by atoms with Crippen molar-refractivity contribution in [3.63, 3.8) is 0 Å². The van der Waals surface area contributed by atoms with Gasteiger partial charge in [-0.05, 0) is 50.1 Å². The summed E-state index contributed by atoms with van der Waals surface area (Å²) in [6.07, 6.45) is 4.76. The Hall–Kier alpha value is -4.52. The number of carbonyl (C=O) groups excluding carboxylic acids is 1. The highest BCUT2D eigenvalue weighted by Crippen LogP contribution is 2.37. The number of fused-ring (bicyclic) bond motifs is 1. The van der Waals surface area contributed by atoms with Gasteiger partial charge in [0.2, 0.25) is 5.91 Å². The molecule has 1 aromatic carbocycles. The Labute approximate surface area is 239 Å². The Balaban J connectivity index is 1.62. The van der Waals surface area contributed by atoms with Gasteiger partial charge in [0.1, 0.15) is 23.1 Å². The highest BCUT2D eigenvalue weighted by molar-refractivity contribution is 7.92. The number of halogens is 2. The topological polar surface area (TPSA) is 118 Å². The fourth-order valence-electron chi connectivity index (χ4n) is 5.33. The predicted octanol–water partition coefficient (Wildman–Crippen LogP) is 3.28. The van der Waals surface area contributed by atoms with Gasteiger partial charge in [0.15, 0.2) is 15.5 Å². The molecule has 42 heavy (non-hydrogen) atoms. The summed E-state index contributed by atoms with van der Waals surface area (Å²) in [4.78, 5) is 42.1. The van der Waals surface area contributed by atoms with Crippen LogP contribution in [0.2, 0.25) is 0 Å². The van der Waals surface area contributed by atoms with Gasteiger partial charge in [0.25, 0.3) is 0 Å². The van der Waals surface area contributed by atoms with Crippen molar-refractivity contribution in [3.8, 4) is 16.9 Å². The van der Waals surface area contributed by atoms with Crippen molar-refractivity contribution < 1.29 is 22.0 Å². The van der Waals surface area contributed by atoms with Crippen molar-refractivity contribution in [3.05, 3.63) is 83.6 Å². The van der Waals surface area contributed by atoms with Crippen LogP contribution in [0.5, 0.6) is 0 Å². The van der Waals surface area contributed by atoms with Crippen molar-refractivity contribution in [2.24, 2.45) is 0 Å². The molecule has 4 heterocycles. The van der Waals surface area contributed by atoms with Crippen molar-refractivity contribution >= 4 is 32.6 Å². The van der Waals surface area contributed by atoms with Crippen LogP contribution in [0.15, 0.2) is 71.1 Å². The maximum atomic E-state index is 15.7. The minimum absolute atomic E-state index is 0.0773. The van der Waals surface area contributed by atoms with E-state index >= 15 is 4.39 Å². The Kier molecular flexibility index (Phi) is 6.84. The van der Waals surface area contributed by atoms with Crippen molar-refractivity contribution in [2.75, 3.05) is 24.5 Å². The van der Waals surface area contributed by atoms with E-state index in [2.05, 4.69) is 21.5 Å². The zero-order valence-electron chi connectivity index (χ0n) is 22.6. The zero-order chi connectivity index (χ0) is 29.8. The molecule has 216 valence electrons. The number of sulfone groups is 1. The van der Waals surface area contributed by atoms with Crippen LogP contribution in [0.25, 0.3) is 28.0 Å². The average Bonchev–Trinajstić information content (AvgIpc) is 3.83. The minimum atomic E-state index is -3.81. The number of hydrogen-bond acceptors (Lipinski definition) is 8. The summed E-state index contributed by atoms with van der Waals surface area (Å²) >= 11 is 0. The SMILES string of the molecule is C=CC(=O)N1CCN(c2nc(=O)n(-c3cnccc3S(=O)(=O)C3CC3)c3nc(-c4ccccc4F)c(F)cc23)[C@@H](C)C1. The van der Waals surface area contributed by atoms with Crippen LogP contribution in [0, 0.1) is 11.6 Å².